The standard InChI is InChI=1S/C47H29N5O/c48-39-24-22-29-19-20-33-25-32(21-23-36(33)42(29)44(39)49)31-12-7-14-35(27-31)46-50-45(34-13-6-11-30(26-34)28-9-2-1-3-10-28)51-47(52-46)38-16-8-18-41-43(38)37-15-4-5-17-40(37)53-41/h1-27,48-49H. The Bertz CT molecular complexity index is 2990. The first-order chi connectivity index (χ1) is 26.1. The molecule has 2 N–H and O–H groups in total. The molecule has 1 aliphatic rings. The number of hydrogen-bond donors (Lipinski definition) is 2. The monoisotopic (exact) mass is 679 g/mol. The van der Waals surface area contributed by atoms with Gasteiger partial charge < -0.3 is 4.42 Å². The van der Waals surface area contributed by atoms with E-state index in [2.05, 4.69) is 72.8 Å². The number of nitrogens with one attached hydrogen (secondary N) is 2. The van der Waals surface area contributed by atoms with Crippen molar-refractivity contribution >= 4 is 50.2 Å². The largest absolute Gasteiger partial charge is 0.456 e. The van der Waals surface area contributed by atoms with Gasteiger partial charge in [0.05, 0.1) is 11.4 Å². The third kappa shape index (κ3) is 5.24. The van der Waals surface area contributed by atoms with Crippen LogP contribution in [0, 0.1) is 10.8 Å². The van der Waals surface area contributed by atoms with Gasteiger partial charge in [-0.15, -0.1) is 0 Å². The smallest absolute Gasteiger partial charge is 0.164 e. The zero-order valence-electron chi connectivity index (χ0n) is 28.3. The van der Waals surface area contributed by atoms with Gasteiger partial charge in [0.1, 0.15) is 11.2 Å². The van der Waals surface area contributed by atoms with Crippen LogP contribution in [-0.4, -0.2) is 26.4 Å². The number of hydrogen-bond acceptors (Lipinski definition) is 6. The summed E-state index contributed by atoms with van der Waals surface area (Å²) in [6, 6.07) is 51.4. The van der Waals surface area contributed by atoms with Crippen molar-refractivity contribution in [1.29, 1.82) is 10.8 Å². The summed E-state index contributed by atoms with van der Waals surface area (Å²) in [6.45, 7) is 0. The van der Waals surface area contributed by atoms with Crippen molar-refractivity contribution in [3.8, 4) is 56.4 Å². The first-order valence-electron chi connectivity index (χ1n) is 17.4. The molecular weight excluding hydrogens is 651 g/mol. The lowest BCUT2D eigenvalue weighted by atomic mass is 9.88. The molecule has 6 nitrogen and oxygen atoms in total. The molecule has 0 aliphatic heterocycles. The summed E-state index contributed by atoms with van der Waals surface area (Å²) in [6.07, 6.45) is 3.60. The second kappa shape index (κ2) is 12.2. The molecule has 10 rings (SSSR count). The fourth-order valence-electron chi connectivity index (χ4n) is 7.36. The van der Waals surface area contributed by atoms with E-state index in [1.807, 2.05) is 84.9 Å². The van der Waals surface area contributed by atoms with E-state index < -0.39 is 0 Å². The molecule has 0 amide bonds. The Balaban J connectivity index is 1.14. The van der Waals surface area contributed by atoms with Crippen LogP contribution in [0.1, 0.15) is 11.1 Å². The van der Waals surface area contributed by atoms with Crippen LogP contribution < -0.4 is 0 Å². The molecule has 0 bridgehead atoms. The van der Waals surface area contributed by atoms with E-state index in [-0.39, 0.29) is 11.4 Å². The number of aromatic nitrogens is 3. The molecule has 248 valence electrons. The first-order valence-corrected chi connectivity index (χ1v) is 17.4. The number of fused-ring (bicyclic) bond motifs is 6. The van der Waals surface area contributed by atoms with Crippen molar-refractivity contribution in [2.75, 3.05) is 0 Å². The van der Waals surface area contributed by atoms with Crippen LogP contribution in [0.15, 0.2) is 162 Å². The minimum absolute atomic E-state index is 0.224. The van der Waals surface area contributed by atoms with E-state index in [4.69, 9.17) is 30.2 Å². The lowest BCUT2D eigenvalue weighted by Crippen LogP contribution is -2.16. The van der Waals surface area contributed by atoms with Crippen LogP contribution >= 0.6 is 0 Å². The summed E-state index contributed by atoms with van der Waals surface area (Å²) in [4.78, 5) is 15.4. The van der Waals surface area contributed by atoms with Gasteiger partial charge in [-0.25, -0.2) is 15.0 Å². The molecule has 0 saturated carbocycles. The zero-order chi connectivity index (χ0) is 35.5. The number of rotatable bonds is 5. The van der Waals surface area contributed by atoms with Crippen LogP contribution in [0.3, 0.4) is 0 Å². The van der Waals surface area contributed by atoms with Crippen molar-refractivity contribution in [2.45, 2.75) is 0 Å². The quantitative estimate of drug-likeness (QED) is 0.189. The molecule has 2 aromatic heterocycles. The van der Waals surface area contributed by atoms with Crippen molar-refractivity contribution in [2.24, 2.45) is 0 Å². The number of furan rings is 1. The maximum atomic E-state index is 8.59. The molecule has 0 atom stereocenters. The van der Waals surface area contributed by atoms with Crippen molar-refractivity contribution in [3.63, 3.8) is 0 Å². The van der Waals surface area contributed by atoms with Gasteiger partial charge in [-0.3, -0.25) is 10.8 Å². The third-order valence-corrected chi connectivity index (χ3v) is 9.96. The zero-order valence-corrected chi connectivity index (χ0v) is 28.3. The van der Waals surface area contributed by atoms with Crippen molar-refractivity contribution < 1.29 is 4.42 Å². The Morgan fingerprint density at radius 1 is 0.434 bits per heavy atom. The van der Waals surface area contributed by atoms with Crippen LogP contribution in [0.4, 0.5) is 0 Å². The third-order valence-electron chi connectivity index (χ3n) is 9.96. The number of allylic oxidation sites excluding steroid dienone is 1. The Labute approximate surface area is 304 Å². The van der Waals surface area contributed by atoms with E-state index in [0.29, 0.717) is 17.5 Å². The molecule has 6 heteroatoms. The van der Waals surface area contributed by atoms with Gasteiger partial charge in [0.15, 0.2) is 17.5 Å². The fourth-order valence-corrected chi connectivity index (χ4v) is 7.36. The topological polar surface area (TPSA) is 99.5 Å². The minimum atomic E-state index is 0.224. The Hall–Kier alpha value is -7.31. The summed E-state index contributed by atoms with van der Waals surface area (Å²) >= 11 is 0. The normalized spacial score (nSPS) is 12.5. The van der Waals surface area contributed by atoms with Gasteiger partial charge in [0.25, 0.3) is 0 Å². The van der Waals surface area contributed by atoms with Crippen LogP contribution in [-0.2, 0) is 0 Å². The molecule has 1 aliphatic carbocycles. The van der Waals surface area contributed by atoms with E-state index in [0.717, 1.165) is 82.8 Å². The molecule has 53 heavy (non-hydrogen) atoms. The molecule has 2 heterocycles. The summed E-state index contributed by atoms with van der Waals surface area (Å²) in [7, 11) is 0. The molecule has 0 fully saturated rings. The van der Waals surface area contributed by atoms with Gasteiger partial charge in [-0.1, -0.05) is 127 Å². The summed E-state index contributed by atoms with van der Waals surface area (Å²) < 4.78 is 6.25. The van der Waals surface area contributed by atoms with Gasteiger partial charge in [-0.05, 0) is 75.0 Å². The lowest BCUT2D eigenvalue weighted by Gasteiger charge is -2.16. The molecule has 0 spiro atoms. The minimum Gasteiger partial charge on any atom is -0.456 e. The average Bonchev–Trinajstić information content (AvgIpc) is 3.61. The molecule has 7 aromatic carbocycles. The maximum absolute atomic E-state index is 8.59. The number of nitrogens with zero attached hydrogens (tertiary/aromatic N) is 3. The van der Waals surface area contributed by atoms with E-state index >= 15 is 0 Å². The summed E-state index contributed by atoms with van der Waals surface area (Å²) in [5.74, 6) is 1.71. The van der Waals surface area contributed by atoms with Gasteiger partial charge in [0.2, 0.25) is 0 Å². The van der Waals surface area contributed by atoms with E-state index in [1.165, 1.54) is 0 Å². The Morgan fingerprint density at radius 2 is 1.06 bits per heavy atom. The van der Waals surface area contributed by atoms with Crippen LogP contribution in [0.2, 0.25) is 0 Å². The summed E-state index contributed by atoms with van der Waals surface area (Å²) in [5.41, 5.74) is 10.7. The molecule has 0 saturated heterocycles. The Kier molecular flexibility index (Phi) is 7.01. The molecule has 0 radical (unpaired) electrons. The highest BCUT2D eigenvalue weighted by Gasteiger charge is 2.20. The number of benzene rings is 7. The SMILES string of the molecule is N=C1C=Cc2ccc3cc(-c4cccc(-c5nc(-c6cccc(-c7ccccc7)c6)nc(-c6cccc7oc8ccccc8c67)n5)c4)ccc3c2C1=N. The van der Waals surface area contributed by atoms with E-state index in [1.54, 1.807) is 6.08 Å². The fraction of sp³-hybridized carbons (Fsp3) is 0. The second-order valence-electron chi connectivity index (χ2n) is 13.2. The van der Waals surface area contributed by atoms with Gasteiger partial charge >= 0.3 is 0 Å². The highest BCUT2D eigenvalue weighted by molar-refractivity contribution is 6.53. The highest BCUT2D eigenvalue weighted by Crippen LogP contribution is 2.38. The molecular formula is C47H29N5O. The number of para-hydroxylation sites is 1. The molecule has 9 aromatic rings. The van der Waals surface area contributed by atoms with Crippen LogP contribution in [0.5, 0.6) is 0 Å². The second-order valence-corrected chi connectivity index (χ2v) is 13.2. The summed E-state index contributed by atoms with van der Waals surface area (Å²) in [5, 5.41) is 20.8. The van der Waals surface area contributed by atoms with E-state index in [9.17, 15) is 0 Å². The first kappa shape index (κ1) is 30.5. The van der Waals surface area contributed by atoms with Crippen molar-refractivity contribution in [1.82, 2.24) is 15.0 Å². The van der Waals surface area contributed by atoms with Gasteiger partial charge in [0, 0.05) is 33.0 Å². The highest BCUT2D eigenvalue weighted by atomic mass is 16.3. The van der Waals surface area contributed by atoms with Gasteiger partial charge in [-0.2, -0.15) is 0 Å². The predicted molar refractivity (Wildman–Crippen MR) is 215 cm³/mol. The lowest BCUT2D eigenvalue weighted by molar-refractivity contribution is 0.669. The average molecular weight is 680 g/mol. The van der Waals surface area contributed by atoms with Crippen molar-refractivity contribution in [3.05, 3.63) is 169 Å². The van der Waals surface area contributed by atoms with Crippen LogP contribution in [0.25, 0.3) is 95.2 Å². The Morgan fingerprint density at radius 3 is 1.85 bits per heavy atom. The predicted octanol–water partition coefficient (Wildman–Crippen LogP) is 11.7. The molecule has 0 unspecified atom stereocenters. The maximum Gasteiger partial charge on any atom is 0.164 e.